The first-order valence-electron chi connectivity index (χ1n) is 9.12. The molecule has 0 radical (unpaired) electrons. The minimum atomic E-state index is -2.75. The molecule has 1 unspecified atom stereocenters. The Kier molecular flexibility index (Phi) is 5.88. The zero-order valence-electron chi connectivity index (χ0n) is 15.2. The number of rotatable bonds is 8. The van der Waals surface area contributed by atoms with E-state index in [0.29, 0.717) is 25.1 Å². The van der Waals surface area contributed by atoms with Gasteiger partial charge in [-0.2, -0.15) is 5.10 Å². The molecule has 1 aliphatic heterocycles. The number of hydrogen-bond acceptors (Lipinski definition) is 4. The van der Waals surface area contributed by atoms with Gasteiger partial charge in [0.2, 0.25) is 0 Å². The number of aromatic amines is 1. The van der Waals surface area contributed by atoms with Gasteiger partial charge < -0.3 is 10.6 Å². The highest BCUT2D eigenvalue weighted by molar-refractivity contribution is 5.90. The van der Waals surface area contributed by atoms with E-state index in [1.165, 1.54) is 0 Å². The number of H-pyrrole nitrogens is 1. The first-order valence-corrected chi connectivity index (χ1v) is 9.12. The normalized spacial score (nSPS) is 20.3. The topological polar surface area (TPSA) is 56.0 Å². The lowest BCUT2D eigenvalue weighted by Crippen LogP contribution is -2.47. The summed E-state index contributed by atoms with van der Waals surface area (Å²) < 4.78 is 29.3. The maximum Gasteiger partial charge on any atom is 0.267 e. The van der Waals surface area contributed by atoms with Crippen molar-refractivity contribution in [3.63, 3.8) is 0 Å². The molecule has 0 bridgehead atoms. The highest BCUT2D eigenvalue weighted by atomic mass is 19.3. The Morgan fingerprint density at radius 1 is 1.42 bits per heavy atom. The van der Waals surface area contributed by atoms with E-state index in [1.807, 2.05) is 25.2 Å². The van der Waals surface area contributed by atoms with Crippen LogP contribution in [0, 0.1) is 0 Å². The molecule has 1 fully saturated rings. The molecule has 0 aliphatic carbocycles. The summed E-state index contributed by atoms with van der Waals surface area (Å²) in [5.41, 5.74) is 1.47. The summed E-state index contributed by atoms with van der Waals surface area (Å²) in [5.74, 6) is -2.73. The zero-order valence-corrected chi connectivity index (χ0v) is 15.2. The van der Waals surface area contributed by atoms with Gasteiger partial charge in [-0.25, -0.2) is 8.78 Å². The molecule has 142 valence electrons. The lowest BCUT2D eigenvalue weighted by atomic mass is 9.86. The van der Waals surface area contributed by atoms with Crippen LogP contribution < -0.4 is 10.6 Å². The average Bonchev–Trinajstić information content (AvgIpc) is 3.00. The largest absolute Gasteiger partial charge is 0.368 e. The van der Waals surface area contributed by atoms with Crippen LogP contribution in [0.1, 0.15) is 24.3 Å². The van der Waals surface area contributed by atoms with Gasteiger partial charge in [0.25, 0.3) is 5.92 Å². The quantitative estimate of drug-likeness (QED) is 0.498. The van der Waals surface area contributed by atoms with Gasteiger partial charge in [0.1, 0.15) is 0 Å². The van der Waals surface area contributed by atoms with E-state index >= 15 is 0 Å². The Bertz CT molecular complexity index is 743. The zero-order chi connectivity index (χ0) is 18.6. The molecular formula is C19H27F2N5. The van der Waals surface area contributed by atoms with Crippen LogP contribution in [0.25, 0.3) is 10.9 Å². The molecule has 0 amide bonds. The predicted octanol–water partition coefficient (Wildman–Crippen LogP) is 3.19. The van der Waals surface area contributed by atoms with Crippen LogP contribution in [0.4, 0.5) is 14.6 Å². The maximum absolute atomic E-state index is 14.7. The van der Waals surface area contributed by atoms with Crippen molar-refractivity contribution in [1.29, 1.82) is 0 Å². The number of hydrogen-bond donors (Lipinski definition) is 3. The second-order valence-electron chi connectivity index (χ2n) is 6.89. The summed E-state index contributed by atoms with van der Waals surface area (Å²) >= 11 is 0. The standard InChI is InChI=1S/C19H27F2N5/c1-3-10-26-11-7-16(19(20,21)13-26)14-5-6-15-17(12-14)24-25-18(15)23-9-4-8-22-2/h3,5-6,12,16,22H,1,4,7-11,13H2,2H3,(H2,23,24,25). The number of benzene rings is 1. The van der Waals surface area contributed by atoms with Gasteiger partial charge >= 0.3 is 0 Å². The number of anilines is 1. The third-order valence-corrected chi connectivity index (χ3v) is 4.95. The lowest BCUT2D eigenvalue weighted by molar-refractivity contribution is -0.0800. The van der Waals surface area contributed by atoms with Crippen molar-refractivity contribution in [1.82, 2.24) is 20.4 Å². The first kappa shape index (κ1) is 18.8. The summed E-state index contributed by atoms with van der Waals surface area (Å²) in [6, 6.07) is 5.53. The summed E-state index contributed by atoms with van der Waals surface area (Å²) in [6.07, 6.45) is 3.10. The second kappa shape index (κ2) is 8.14. The molecule has 5 nitrogen and oxygen atoms in total. The van der Waals surface area contributed by atoms with Gasteiger partial charge in [-0.05, 0) is 50.7 Å². The molecule has 0 spiro atoms. The summed E-state index contributed by atoms with van der Waals surface area (Å²) in [6.45, 7) is 6.32. The van der Waals surface area contributed by atoms with E-state index in [4.69, 9.17) is 0 Å². The van der Waals surface area contributed by atoms with E-state index < -0.39 is 11.8 Å². The minimum absolute atomic E-state index is 0.219. The SMILES string of the molecule is C=CCN1CCC(c2ccc3c(NCCCNC)n[nH]c3c2)C(F)(F)C1. The minimum Gasteiger partial charge on any atom is -0.368 e. The van der Waals surface area contributed by atoms with Gasteiger partial charge in [-0.1, -0.05) is 12.1 Å². The van der Waals surface area contributed by atoms with Gasteiger partial charge in [-0.15, -0.1) is 6.58 Å². The molecule has 26 heavy (non-hydrogen) atoms. The summed E-state index contributed by atoms with van der Waals surface area (Å²) in [5, 5.41) is 14.6. The van der Waals surface area contributed by atoms with Crippen LogP contribution >= 0.6 is 0 Å². The fraction of sp³-hybridized carbons (Fsp3) is 0.526. The van der Waals surface area contributed by atoms with Gasteiger partial charge in [0, 0.05) is 18.5 Å². The number of fused-ring (bicyclic) bond motifs is 1. The molecule has 1 atom stereocenters. The summed E-state index contributed by atoms with van der Waals surface area (Å²) in [7, 11) is 1.92. The molecule has 1 aromatic carbocycles. The van der Waals surface area contributed by atoms with E-state index in [0.717, 1.165) is 36.2 Å². The van der Waals surface area contributed by atoms with Crippen LogP contribution in [0.15, 0.2) is 30.9 Å². The van der Waals surface area contributed by atoms with E-state index in [1.54, 1.807) is 11.0 Å². The van der Waals surface area contributed by atoms with Crippen LogP contribution in [0.5, 0.6) is 0 Å². The number of halogens is 2. The Labute approximate surface area is 152 Å². The van der Waals surface area contributed by atoms with Crippen molar-refractivity contribution >= 4 is 16.7 Å². The van der Waals surface area contributed by atoms with E-state index in [2.05, 4.69) is 27.4 Å². The first-order chi connectivity index (χ1) is 12.5. The second-order valence-corrected chi connectivity index (χ2v) is 6.89. The third kappa shape index (κ3) is 4.04. The number of likely N-dealkylation sites (tertiary alicyclic amines) is 1. The van der Waals surface area contributed by atoms with Gasteiger partial charge in [0.05, 0.1) is 18.0 Å². The Morgan fingerprint density at radius 2 is 2.27 bits per heavy atom. The van der Waals surface area contributed by atoms with Crippen molar-refractivity contribution in [2.75, 3.05) is 45.1 Å². The predicted molar refractivity (Wildman–Crippen MR) is 102 cm³/mol. The number of nitrogens with zero attached hydrogens (tertiary/aromatic N) is 2. The van der Waals surface area contributed by atoms with Gasteiger partial charge in [0.15, 0.2) is 5.82 Å². The Balaban J connectivity index is 1.74. The Hall–Kier alpha value is -1.99. The van der Waals surface area contributed by atoms with Crippen molar-refractivity contribution in [2.45, 2.75) is 24.7 Å². The van der Waals surface area contributed by atoms with Crippen LogP contribution in [-0.2, 0) is 0 Å². The summed E-state index contributed by atoms with van der Waals surface area (Å²) in [4.78, 5) is 1.76. The van der Waals surface area contributed by atoms with Crippen LogP contribution in [0.2, 0.25) is 0 Å². The highest BCUT2D eigenvalue weighted by Crippen LogP contribution is 2.41. The lowest BCUT2D eigenvalue weighted by Gasteiger charge is -2.38. The van der Waals surface area contributed by atoms with Crippen LogP contribution in [-0.4, -0.2) is 60.8 Å². The molecule has 7 heteroatoms. The molecule has 0 saturated carbocycles. The fourth-order valence-electron chi connectivity index (χ4n) is 3.62. The molecule has 3 N–H and O–H groups in total. The molecule has 1 saturated heterocycles. The van der Waals surface area contributed by atoms with Crippen molar-refractivity contribution in [3.05, 3.63) is 36.4 Å². The molecule has 2 heterocycles. The smallest absolute Gasteiger partial charge is 0.267 e. The molecule has 3 rings (SSSR count). The highest BCUT2D eigenvalue weighted by Gasteiger charge is 2.45. The molecule has 1 aromatic heterocycles. The van der Waals surface area contributed by atoms with Crippen molar-refractivity contribution in [3.8, 4) is 0 Å². The molecule has 2 aromatic rings. The van der Waals surface area contributed by atoms with Crippen molar-refractivity contribution < 1.29 is 8.78 Å². The molecular weight excluding hydrogens is 336 g/mol. The molecule has 1 aliphatic rings. The Morgan fingerprint density at radius 3 is 3.00 bits per heavy atom. The van der Waals surface area contributed by atoms with Gasteiger partial charge in [-0.3, -0.25) is 10.00 Å². The third-order valence-electron chi connectivity index (χ3n) is 4.95. The number of aromatic nitrogens is 2. The number of alkyl halides is 2. The van der Waals surface area contributed by atoms with E-state index in [9.17, 15) is 8.78 Å². The fourth-order valence-corrected chi connectivity index (χ4v) is 3.62. The average molecular weight is 363 g/mol. The van der Waals surface area contributed by atoms with E-state index in [-0.39, 0.29) is 6.54 Å². The van der Waals surface area contributed by atoms with Crippen molar-refractivity contribution in [2.24, 2.45) is 0 Å². The maximum atomic E-state index is 14.7. The number of nitrogens with one attached hydrogen (secondary N) is 3. The number of piperidine rings is 1. The van der Waals surface area contributed by atoms with Crippen LogP contribution in [0.3, 0.4) is 0 Å². The monoisotopic (exact) mass is 363 g/mol.